The van der Waals surface area contributed by atoms with Gasteiger partial charge in [-0.1, -0.05) is 6.07 Å². The molecule has 21 heavy (non-hydrogen) atoms. The molecule has 5 nitrogen and oxygen atoms in total. The molecule has 0 radical (unpaired) electrons. The monoisotopic (exact) mass is 315 g/mol. The van der Waals surface area contributed by atoms with Gasteiger partial charge in [-0.2, -0.15) is 4.31 Å². The van der Waals surface area contributed by atoms with E-state index in [2.05, 4.69) is 0 Å². The Kier molecular flexibility index (Phi) is 3.77. The summed E-state index contributed by atoms with van der Waals surface area (Å²) in [5, 5.41) is 9.20. The van der Waals surface area contributed by atoms with Crippen molar-refractivity contribution in [3.05, 3.63) is 35.1 Å². The molecule has 1 fully saturated rings. The van der Waals surface area contributed by atoms with E-state index in [-0.39, 0.29) is 31.9 Å². The standard InChI is InChI=1S/C14H18FNO4S/c15-13-3-2-11-9-16(10-12(11)8-13)21(18,19)14(5-6-17)4-1-7-20-14/h2-3,8,17H,1,4-7,9-10H2/t14-/m1/s1. The van der Waals surface area contributed by atoms with Crippen molar-refractivity contribution < 1.29 is 22.7 Å². The third kappa shape index (κ3) is 2.38. The van der Waals surface area contributed by atoms with E-state index >= 15 is 0 Å². The molecule has 1 aromatic rings. The van der Waals surface area contributed by atoms with E-state index in [1.807, 2.05) is 0 Å². The van der Waals surface area contributed by atoms with Crippen LogP contribution in [0.3, 0.4) is 0 Å². The largest absolute Gasteiger partial charge is 0.396 e. The average Bonchev–Trinajstić information content (AvgIpc) is 3.06. The third-order valence-corrected chi connectivity index (χ3v) is 6.64. The van der Waals surface area contributed by atoms with Gasteiger partial charge in [-0.05, 0) is 36.1 Å². The van der Waals surface area contributed by atoms with Crippen LogP contribution in [-0.4, -0.2) is 36.0 Å². The molecule has 2 aliphatic heterocycles. The Morgan fingerprint density at radius 2 is 2.10 bits per heavy atom. The molecule has 0 aliphatic carbocycles. The number of halogens is 1. The summed E-state index contributed by atoms with van der Waals surface area (Å²) >= 11 is 0. The molecule has 2 aliphatic rings. The van der Waals surface area contributed by atoms with Crippen LogP contribution in [0.2, 0.25) is 0 Å². The maximum Gasteiger partial charge on any atom is 0.244 e. The lowest BCUT2D eigenvalue weighted by Crippen LogP contribution is -2.46. The predicted molar refractivity (Wildman–Crippen MR) is 74.2 cm³/mol. The molecule has 1 atom stereocenters. The molecule has 1 aromatic carbocycles. The van der Waals surface area contributed by atoms with Gasteiger partial charge in [0.1, 0.15) is 5.82 Å². The first kappa shape index (κ1) is 14.9. The molecule has 0 bridgehead atoms. The summed E-state index contributed by atoms with van der Waals surface area (Å²) < 4.78 is 45.9. The second-order valence-corrected chi connectivity index (χ2v) is 7.73. The van der Waals surface area contributed by atoms with Crippen molar-refractivity contribution in [1.29, 1.82) is 0 Å². The number of sulfonamides is 1. The van der Waals surface area contributed by atoms with Crippen molar-refractivity contribution in [2.45, 2.75) is 37.3 Å². The molecule has 0 unspecified atom stereocenters. The number of aliphatic hydroxyl groups excluding tert-OH is 1. The number of benzene rings is 1. The zero-order chi connectivity index (χ0) is 15.1. The summed E-state index contributed by atoms with van der Waals surface area (Å²) in [5.74, 6) is -0.366. The van der Waals surface area contributed by atoms with Gasteiger partial charge in [-0.3, -0.25) is 0 Å². The number of nitrogens with zero attached hydrogens (tertiary/aromatic N) is 1. The average molecular weight is 315 g/mol. The number of ether oxygens (including phenoxy) is 1. The van der Waals surface area contributed by atoms with Crippen molar-refractivity contribution in [3.8, 4) is 0 Å². The van der Waals surface area contributed by atoms with Crippen molar-refractivity contribution in [1.82, 2.24) is 4.31 Å². The lowest BCUT2D eigenvalue weighted by molar-refractivity contribution is 0.0454. The van der Waals surface area contributed by atoms with Gasteiger partial charge < -0.3 is 9.84 Å². The molecule has 2 heterocycles. The van der Waals surface area contributed by atoms with E-state index in [1.165, 1.54) is 16.4 Å². The van der Waals surface area contributed by atoms with E-state index in [4.69, 9.17) is 4.74 Å². The minimum absolute atomic E-state index is 0.0660. The quantitative estimate of drug-likeness (QED) is 0.911. The molecule has 0 amide bonds. The Hall–Kier alpha value is -1.02. The second-order valence-electron chi connectivity index (χ2n) is 5.52. The van der Waals surface area contributed by atoms with Crippen molar-refractivity contribution in [2.75, 3.05) is 13.2 Å². The fraction of sp³-hybridized carbons (Fsp3) is 0.571. The van der Waals surface area contributed by atoms with Crippen LogP contribution < -0.4 is 0 Å². The molecule has 0 spiro atoms. The van der Waals surface area contributed by atoms with E-state index in [0.717, 1.165) is 5.56 Å². The van der Waals surface area contributed by atoms with Gasteiger partial charge in [-0.25, -0.2) is 12.8 Å². The zero-order valence-corrected chi connectivity index (χ0v) is 12.4. The van der Waals surface area contributed by atoms with E-state index < -0.39 is 15.0 Å². The molecular formula is C14H18FNO4S. The SMILES string of the molecule is O=S(=O)(N1Cc2ccc(F)cc2C1)[C@@]1(CCO)CCCO1. The van der Waals surface area contributed by atoms with E-state index in [1.54, 1.807) is 6.07 Å². The Balaban J connectivity index is 1.90. The molecule has 3 rings (SSSR count). The Labute approximate surface area is 123 Å². The highest BCUT2D eigenvalue weighted by molar-refractivity contribution is 7.90. The number of fused-ring (bicyclic) bond motifs is 1. The number of hydrogen-bond acceptors (Lipinski definition) is 4. The summed E-state index contributed by atoms with van der Waals surface area (Å²) in [7, 11) is -3.71. The molecule has 0 saturated carbocycles. The Morgan fingerprint density at radius 3 is 2.76 bits per heavy atom. The highest BCUT2D eigenvalue weighted by Gasteiger charge is 2.51. The van der Waals surface area contributed by atoms with Gasteiger partial charge in [0.05, 0.1) is 0 Å². The lowest BCUT2D eigenvalue weighted by atomic mass is 10.1. The second kappa shape index (κ2) is 5.31. The summed E-state index contributed by atoms with van der Waals surface area (Å²) in [4.78, 5) is -1.33. The normalized spacial score (nSPS) is 26.2. The van der Waals surface area contributed by atoms with Crippen LogP contribution in [-0.2, 0) is 27.8 Å². The molecule has 0 aromatic heterocycles. The van der Waals surface area contributed by atoms with Crippen LogP contribution in [0.5, 0.6) is 0 Å². The van der Waals surface area contributed by atoms with Crippen molar-refractivity contribution in [2.24, 2.45) is 0 Å². The number of hydrogen-bond donors (Lipinski definition) is 1. The third-order valence-electron chi connectivity index (χ3n) is 4.23. The summed E-state index contributed by atoms with van der Waals surface area (Å²) in [6.07, 6.45) is 1.11. The maximum atomic E-state index is 13.3. The van der Waals surface area contributed by atoms with Gasteiger partial charge in [0, 0.05) is 32.7 Å². The van der Waals surface area contributed by atoms with Gasteiger partial charge in [0.25, 0.3) is 0 Å². The predicted octanol–water partition coefficient (Wildman–Crippen LogP) is 1.36. The highest BCUT2D eigenvalue weighted by Crippen LogP contribution is 2.39. The van der Waals surface area contributed by atoms with Crippen LogP contribution in [0.25, 0.3) is 0 Å². The number of aliphatic hydroxyl groups is 1. The van der Waals surface area contributed by atoms with E-state index in [0.29, 0.717) is 25.0 Å². The highest BCUT2D eigenvalue weighted by atomic mass is 32.2. The smallest absolute Gasteiger partial charge is 0.244 e. The molecule has 1 N–H and O–H groups in total. The first-order valence-electron chi connectivity index (χ1n) is 7.00. The van der Waals surface area contributed by atoms with Crippen LogP contribution in [0.15, 0.2) is 18.2 Å². The minimum Gasteiger partial charge on any atom is -0.396 e. The zero-order valence-electron chi connectivity index (χ0n) is 11.6. The van der Waals surface area contributed by atoms with Crippen LogP contribution in [0, 0.1) is 5.82 Å². The van der Waals surface area contributed by atoms with Gasteiger partial charge in [0.2, 0.25) is 10.0 Å². The summed E-state index contributed by atoms with van der Waals surface area (Å²) in [5.41, 5.74) is 1.51. The van der Waals surface area contributed by atoms with Crippen LogP contribution >= 0.6 is 0 Å². The van der Waals surface area contributed by atoms with Crippen LogP contribution in [0.4, 0.5) is 4.39 Å². The molecule has 7 heteroatoms. The van der Waals surface area contributed by atoms with Crippen LogP contribution in [0.1, 0.15) is 30.4 Å². The molecular weight excluding hydrogens is 297 g/mol. The number of rotatable bonds is 4. The van der Waals surface area contributed by atoms with Gasteiger partial charge in [0.15, 0.2) is 4.93 Å². The lowest BCUT2D eigenvalue weighted by Gasteiger charge is -2.31. The topological polar surface area (TPSA) is 66.8 Å². The van der Waals surface area contributed by atoms with E-state index in [9.17, 15) is 17.9 Å². The first-order chi connectivity index (χ1) is 9.98. The maximum absolute atomic E-state index is 13.3. The Morgan fingerprint density at radius 1 is 1.33 bits per heavy atom. The first-order valence-corrected chi connectivity index (χ1v) is 8.44. The summed E-state index contributed by atoms with van der Waals surface area (Å²) in [6, 6.07) is 4.33. The van der Waals surface area contributed by atoms with Crippen molar-refractivity contribution in [3.63, 3.8) is 0 Å². The van der Waals surface area contributed by atoms with Gasteiger partial charge in [-0.15, -0.1) is 0 Å². The Bertz CT molecular complexity index is 640. The fourth-order valence-electron chi connectivity index (χ4n) is 3.11. The fourth-order valence-corrected chi connectivity index (χ4v) is 5.18. The minimum atomic E-state index is -3.71. The van der Waals surface area contributed by atoms with Gasteiger partial charge >= 0.3 is 0 Å². The van der Waals surface area contributed by atoms with Crippen molar-refractivity contribution >= 4 is 10.0 Å². The molecule has 1 saturated heterocycles. The molecule has 116 valence electrons. The summed E-state index contributed by atoms with van der Waals surface area (Å²) in [6.45, 7) is 0.531.